The number of thiazole rings is 1. The molecule has 122 valence electrons. The lowest BCUT2D eigenvalue weighted by atomic mass is 9.87. The molecule has 1 N–H and O–H groups in total. The molecule has 3 fully saturated rings. The number of ether oxygens (including phenoxy) is 2. The average Bonchev–Trinajstić information content (AvgIpc) is 3.20. The van der Waals surface area contributed by atoms with Crippen LogP contribution >= 0.6 is 11.3 Å². The molecule has 3 saturated heterocycles. The third-order valence-corrected chi connectivity index (χ3v) is 5.95. The minimum atomic E-state index is 0.0610. The Hall–Kier alpha value is -0.690. The molecule has 1 aromatic heterocycles. The molecule has 0 unspecified atom stereocenters. The second-order valence-electron chi connectivity index (χ2n) is 6.79. The predicted molar refractivity (Wildman–Crippen MR) is 87.5 cm³/mol. The summed E-state index contributed by atoms with van der Waals surface area (Å²) in [6.07, 6.45) is 7.76. The first-order chi connectivity index (χ1) is 10.8. The molecular weight excluding hydrogens is 298 g/mol. The number of anilines is 1. The van der Waals surface area contributed by atoms with E-state index in [4.69, 9.17) is 9.47 Å². The molecule has 0 saturated carbocycles. The van der Waals surface area contributed by atoms with Crippen molar-refractivity contribution in [1.29, 1.82) is 0 Å². The van der Waals surface area contributed by atoms with Gasteiger partial charge in [-0.05, 0) is 32.2 Å². The third-order valence-electron chi connectivity index (χ3n) is 5.25. The maximum Gasteiger partial charge on any atom is 0.182 e. The lowest BCUT2D eigenvalue weighted by Crippen LogP contribution is -2.53. The molecular formula is C16H25N3O2S. The van der Waals surface area contributed by atoms with E-state index in [-0.39, 0.29) is 5.60 Å². The second kappa shape index (κ2) is 6.43. The van der Waals surface area contributed by atoms with E-state index >= 15 is 0 Å². The van der Waals surface area contributed by atoms with E-state index in [1.54, 1.807) is 11.3 Å². The minimum Gasteiger partial charge on any atom is -0.381 e. The molecule has 4 rings (SSSR count). The van der Waals surface area contributed by atoms with Crippen molar-refractivity contribution in [2.45, 2.75) is 49.8 Å². The van der Waals surface area contributed by atoms with Crippen LogP contribution in [-0.4, -0.2) is 60.5 Å². The number of rotatable bonds is 3. The van der Waals surface area contributed by atoms with Crippen LogP contribution in [0, 0.1) is 0 Å². The van der Waals surface area contributed by atoms with E-state index < -0.39 is 0 Å². The Kier molecular flexibility index (Phi) is 4.35. The number of piperidine rings is 1. The molecule has 5 nitrogen and oxygen atoms in total. The summed E-state index contributed by atoms with van der Waals surface area (Å²) in [5.74, 6) is 0. The molecule has 1 aromatic rings. The number of aromatic nitrogens is 1. The zero-order valence-corrected chi connectivity index (χ0v) is 13.8. The molecule has 0 aliphatic carbocycles. The Labute approximate surface area is 136 Å². The van der Waals surface area contributed by atoms with Gasteiger partial charge in [-0.25, -0.2) is 4.98 Å². The predicted octanol–water partition coefficient (Wildman–Crippen LogP) is 2.36. The molecule has 3 aliphatic rings. The average molecular weight is 323 g/mol. The molecule has 0 amide bonds. The van der Waals surface area contributed by atoms with E-state index in [9.17, 15) is 0 Å². The largest absolute Gasteiger partial charge is 0.381 e. The van der Waals surface area contributed by atoms with E-state index in [1.165, 1.54) is 32.2 Å². The Morgan fingerprint density at radius 3 is 3.09 bits per heavy atom. The topological polar surface area (TPSA) is 46.6 Å². The fourth-order valence-electron chi connectivity index (χ4n) is 4.19. The van der Waals surface area contributed by atoms with Gasteiger partial charge in [0.1, 0.15) is 0 Å². The summed E-state index contributed by atoms with van der Waals surface area (Å²) in [5, 5.41) is 6.56. The van der Waals surface area contributed by atoms with Crippen LogP contribution in [0.1, 0.15) is 32.1 Å². The van der Waals surface area contributed by atoms with Gasteiger partial charge in [-0.15, -0.1) is 11.3 Å². The fraction of sp³-hybridized carbons (Fsp3) is 0.812. The van der Waals surface area contributed by atoms with Gasteiger partial charge in [0.25, 0.3) is 0 Å². The lowest BCUT2D eigenvalue weighted by molar-refractivity contribution is -0.0741. The van der Waals surface area contributed by atoms with Crippen LogP contribution in [0.25, 0.3) is 0 Å². The molecule has 4 heterocycles. The molecule has 1 spiro atoms. The maximum atomic E-state index is 6.31. The third kappa shape index (κ3) is 3.15. The summed E-state index contributed by atoms with van der Waals surface area (Å²) >= 11 is 1.67. The standard InChI is InChI=1S/C16H25N3O2S/c1-4-16(12-19(6-1)14-2-7-20-8-3-14)10-13(11-21-16)18-15-17-5-9-22-15/h5,9,13-14H,1-4,6-8,10-12H2,(H,17,18)/t13-,16+/m0/s1. The number of likely N-dealkylation sites (tertiary alicyclic amines) is 1. The van der Waals surface area contributed by atoms with E-state index in [2.05, 4.69) is 15.2 Å². The van der Waals surface area contributed by atoms with Gasteiger partial charge in [0.05, 0.1) is 18.2 Å². The van der Waals surface area contributed by atoms with Gasteiger partial charge in [0.15, 0.2) is 5.13 Å². The van der Waals surface area contributed by atoms with Crippen molar-refractivity contribution in [3.63, 3.8) is 0 Å². The summed E-state index contributed by atoms with van der Waals surface area (Å²) < 4.78 is 11.8. The van der Waals surface area contributed by atoms with Crippen molar-refractivity contribution < 1.29 is 9.47 Å². The van der Waals surface area contributed by atoms with E-state index in [0.29, 0.717) is 12.1 Å². The van der Waals surface area contributed by atoms with Crippen LogP contribution in [0.15, 0.2) is 11.6 Å². The molecule has 3 aliphatic heterocycles. The van der Waals surface area contributed by atoms with Gasteiger partial charge < -0.3 is 14.8 Å². The van der Waals surface area contributed by atoms with Gasteiger partial charge in [0.2, 0.25) is 0 Å². The minimum absolute atomic E-state index is 0.0610. The molecule has 0 bridgehead atoms. The van der Waals surface area contributed by atoms with Crippen molar-refractivity contribution in [3.8, 4) is 0 Å². The van der Waals surface area contributed by atoms with Crippen molar-refractivity contribution in [1.82, 2.24) is 9.88 Å². The Morgan fingerprint density at radius 1 is 1.36 bits per heavy atom. The van der Waals surface area contributed by atoms with Crippen LogP contribution in [0.3, 0.4) is 0 Å². The van der Waals surface area contributed by atoms with Crippen molar-refractivity contribution in [3.05, 3.63) is 11.6 Å². The normalized spacial score (nSPS) is 34.3. The smallest absolute Gasteiger partial charge is 0.182 e. The summed E-state index contributed by atoms with van der Waals surface area (Å²) in [4.78, 5) is 6.99. The van der Waals surface area contributed by atoms with Gasteiger partial charge >= 0.3 is 0 Å². The highest BCUT2D eigenvalue weighted by Gasteiger charge is 2.44. The molecule has 2 atom stereocenters. The second-order valence-corrected chi connectivity index (χ2v) is 7.69. The van der Waals surface area contributed by atoms with Crippen LogP contribution in [0.4, 0.5) is 5.13 Å². The summed E-state index contributed by atoms with van der Waals surface area (Å²) in [5.41, 5.74) is 0.0610. The quantitative estimate of drug-likeness (QED) is 0.925. The van der Waals surface area contributed by atoms with Crippen molar-refractivity contribution >= 4 is 16.5 Å². The summed E-state index contributed by atoms with van der Waals surface area (Å²) in [7, 11) is 0. The Bertz CT molecular complexity index is 478. The van der Waals surface area contributed by atoms with E-state index in [0.717, 1.165) is 37.9 Å². The molecule has 0 radical (unpaired) electrons. The Morgan fingerprint density at radius 2 is 2.27 bits per heavy atom. The number of nitrogens with zero attached hydrogens (tertiary/aromatic N) is 2. The van der Waals surface area contributed by atoms with Crippen LogP contribution < -0.4 is 5.32 Å². The summed E-state index contributed by atoms with van der Waals surface area (Å²) in [6, 6.07) is 1.10. The molecule has 22 heavy (non-hydrogen) atoms. The zero-order valence-electron chi connectivity index (χ0n) is 13.0. The van der Waals surface area contributed by atoms with Crippen molar-refractivity contribution in [2.24, 2.45) is 0 Å². The molecule has 6 heteroatoms. The maximum absolute atomic E-state index is 6.31. The van der Waals surface area contributed by atoms with Crippen LogP contribution in [0.2, 0.25) is 0 Å². The first kappa shape index (κ1) is 14.9. The highest BCUT2D eigenvalue weighted by atomic mass is 32.1. The first-order valence-corrected chi connectivity index (χ1v) is 9.33. The van der Waals surface area contributed by atoms with Gasteiger partial charge in [-0.3, -0.25) is 4.90 Å². The van der Waals surface area contributed by atoms with Gasteiger partial charge in [-0.2, -0.15) is 0 Å². The number of hydrogen-bond acceptors (Lipinski definition) is 6. The number of nitrogens with one attached hydrogen (secondary N) is 1. The first-order valence-electron chi connectivity index (χ1n) is 8.45. The highest BCUT2D eigenvalue weighted by molar-refractivity contribution is 7.13. The highest BCUT2D eigenvalue weighted by Crippen LogP contribution is 2.37. The van der Waals surface area contributed by atoms with Gasteiger partial charge in [0, 0.05) is 43.8 Å². The summed E-state index contributed by atoms with van der Waals surface area (Å²) in [6.45, 7) is 4.96. The zero-order chi connectivity index (χ0) is 14.8. The van der Waals surface area contributed by atoms with Crippen LogP contribution in [-0.2, 0) is 9.47 Å². The monoisotopic (exact) mass is 323 g/mol. The lowest BCUT2D eigenvalue weighted by Gasteiger charge is -2.44. The van der Waals surface area contributed by atoms with Crippen LogP contribution in [0.5, 0.6) is 0 Å². The SMILES string of the molecule is c1csc(N[C@@H]2CO[C@]3(CCCN(C4CCOCC4)C3)C2)n1. The Balaban J connectivity index is 1.37. The van der Waals surface area contributed by atoms with Gasteiger partial charge in [-0.1, -0.05) is 0 Å². The van der Waals surface area contributed by atoms with E-state index in [1.807, 2.05) is 11.6 Å². The van der Waals surface area contributed by atoms with Crippen molar-refractivity contribution in [2.75, 3.05) is 38.2 Å². The fourth-order valence-corrected chi connectivity index (χ4v) is 4.79. The molecule has 0 aromatic carbocycles. The number of hydrogen-bond donors (Lipinski definition) is 1.